The van der Waals surface area contributed by atoms with E-state index in [0.29, 0.717) is 6.42 Å². The Bertz CT molecular complexity index is 817. The van der Waals surface area contributed by atoms with E-state index in [2.05, 4.69) is 36.5 Å². The Kier molecular flexibility index (Phi) is 4.77. The maximum absolute atomic E-state index is 11.9. The van der Waals surface area contributed by atoms with Gasteiger partial charge in [-0.1, -0.05) is 25.1 Å². The summed E-state index contributed by atoms with van der Waals surface area (Å²) < 4.78 is 1.34. The molecule has 3 rings (SSSR count). The summed E-state index contributed by atoms with van der Waals surface area (Å²) in [5.41, 5.74) is 3.21. The average Bonchev–Trinajstić information content (AvgIpc) is 2.90. The monoisotopic (exact) mass is 323 g/mol. The van der Waals surface area contributed by atoms with Gasteiger partial charge in [-0.25, -0.2) is 0 Å². The number of carbonyl (C=O) groups excluding carboxylic acids is 1. The van der Waals surface area contributed by atoms with Gasteiger partial charge in [0, 0.05) is 33.8 Å². The summed E-state index contributed by atoms with van der Waals surface area (Å²) in [5.74, 6) is 0.222. The fourth-order valence-corrected chi connectivity index (χ4v) is 3.87. The summed E-state index contributed by atoms with van der Waals surface area (Å²) >= 11 is 1.84. The molecular formula is C20H21NOS. The first-order valence-corrected chi connectivity index (χ1v) is 8.85. The lowest BCUT2D eigenvalue weighted by molar-refractivity contribution is 0.0982. The zero-order valence-corrected chi connectivity index (χ0v) is 14.4. The Morgan fingerprint density at radius 2 is 1.83 bits per heavy atom. The molecule has 23 heavy (non-hydrogen) atoms. The second kappa shape index (κ2) is 6.97. The van der Waals surface area contributed by atoms with Crippen molar-refractivity contribution in [3.63, 3.8) is 0 Å². The molecular weight excluding hydrogens is 302 g/mol. The van der Waals surface area contributed by atoms with Crippen LogP contribution in [0.2, 0.25) is 0 Å². The van der Waals surface area contributed by atoms with Gasteiger partial charge in [-0.05, 0) is 54.6 Å². The van der Waals surface area contributed by atoms with Crippen LogP contribution >= 0.6 is 11.3 Å². The van der Waals surface area contributed by atoms with Gasteiger partial charge in [0.25, 0.3) is 0 Å². The molecule has 1 heterocycles. The number of hydrogen-bond acceptors (Lipinski definition) is 3. The summed E-state index contributed by atoms with van der Waals surface area (Å²) in [6.07, 6.45) is 1.51. The molecule has 3 aromatic rings. The van der Waals surface area contributed by atoms with E-state index in [-0.39, 0.29) is 5.78 Å². The van der Waals surface area contributed by atoms with Gasteiger partial charge < -0.3 is 5.32 Å². The second-order valence-electron chi connectivity index (χ2n) is 5.75. The van der Waals surface area contributed by atoms with Crippen LogP contribution in [0.15, 0.2) is 48.5 Å². The van der Waals surface area contributed by atoms with Gasteiger partial charge in [-0.2, -0.15) is 0 Å². The molecule has 0 aliphatic heterocycles. The van der Waals surface area contributed by atoms with Crippen LogP contribution in [0.4, 0.5) is 5.69 Å². The van der Waals surface area contributed by atoms with Crippen molar-refractivity contribution in [3.05, 3.63) is 64.5 Å². The highest BCUT2D eigenvalue weighted by molar-refractivity contribution is 7.19. The van der Waals surface area contributed by atoms with Crippen molar-refractivity contribution >= 4 is 32.9 Å². The third-order valence-corrected chi connectivity index (χ3v) is 5.35. The van der Waals surface area contributed by atoms with E-state index in [9.17, 15) is 4.79 Å². The lowest BCUT2D eigenvalue weighted by atomic mass is 10.1. The van der Waals surface area contributed by atoms with Gasteiger partial charge in [0.1, 0.15) is 0 Å². The largest absolute Gasteiger partial charge is 0.380 e. The zero-order valence-electron chi connectivity index (χ0n) is 13.6. The minimum absolute atomic E-state index is 0.222. The molecule has 0 unspecified atom stereocenters. The Balaban J connectivity index is 1.70. The quantitative estimate of drug-likeness (QED) is 0.580. The van der Waals surface area contributed by atoms with Crippen molar-refractivity contribution in [1.82, 2.24) is 0 Å². The second-order valence-corrected chi connectivity index (χ2v) is 6.89. The lowest BCUT2D eigenvalue weighted by Crippen LogP contribution is -2.01. The molecule has 0 atom stereocenters. The molecule has 2 nitrogen and oxygen atoms in total. The van der Waals surface area contributed by atoms with Crippen molar-refractivity contribution in [2.45, 2.75) is 33.2 Å². The molecule has 0 fully saturated rings. The molecule has 0 saturated heterocycles. The van der Waals surface area contributed by atoms with Gasteiger partial charge >= 0.3 is 0 Å². The van der Waals surface area contributed by atoms with Gasteiger partial charge in [0.2, 0.25) is 0 Å². The molecule has 3 heteroatoms. The Morgan fingerprint density at radius 3 is 2.52 bits per heavy atom. The Labute approximate surface area is 141 Å². The van der Waals surface area contributed by atoms with Crippen LogP contribution in [0.3, 0.4) is 0 Å². The van der Waals surface area contributed by atoms with E-state index >= 15 is 0 Å². The minimum atomic E-state index is 0.222. The number of benzene rings is 2. The summed E-state index contributed by atoms with van der Waals surface area (Å²) in [6.45, 7) is 5.02. The predicted octanol–water partition coefficient (Wildman–Crippen LogP) is 5.80. The van der Waals surface area contributed by atoms with Gasteiger partial charge in [0.05, 0.1) is 0 Å². The van der Waals surface area contributed by atoms with E-state index in [1.807, 2.05) is 42.5 Å². The first kappa shape index (κ1) is 15.8. The van der Waals surface area contributed by atoms with Crippen LogP contribution < -0.4 is 5.32 Å². The van der Waals surface area contributed by atoms with E-state index in [4.69, 9.17) is 0 Å². The fourth-order valence-electron chi connectivity index (χ4n) is 2.72. The number of ketones is 1. The highest BCUT2D eigenvalue weighted by Gasteiger charge is 2.08. The van der Waals surface area contributed by atoms with Gasteiger partial charge in [0.15, 0.2) is 5.78 Å². The van der Waals surface area contributed by atoms with E-state index in [1.165, 1.54) is 20.5 Å². The van der Waals surface area contributed by atoms with Crippen molar-refractivity contribution in [3.8, 4) is 0 Å². The SMILES string of the molecule is CCCC(=O)c1ccc(NCc2sc3ccccc3c2C)cc1. The lowest BCUT2D eigenvalue weighted by Gasteiger charge is -2.07. The average molecular weight is 323 g/mol. The van der Waals surface area contributed by atoms with Crippen LogP contribution in [0.1, 0.15) is 40.6 Å². The van der Waals surface area contributed by atoms with Crippen molar-refractivity contribution in [1.29, 1.82) is 0 Å². The Morgan fingerprint density at radius 1 is 1.09 bits per heavy atom. The minimum Gasteiger partial charge on any atom is -0.380 e. The van der Waals surface area contributed by atoms with Gasteiger partial charge in [-0.3, -0.25) is 4.79 Å². The van der Waals surface area contributed by atoms with E-state index < -0.39 is 0 Å². The normalized spacial score (nSPS) is 10.9. The number of anilines is 1. The number of hydrogen-bond donors (Lipinski definition) is 1. The molecule has 0 spiro atoms. The van der Waals surface area contributed by atoms with Crippen molar-refractivity contribution < 1.29 is 4.79 Å². The van der Waals surface area contributed by atoms with Crippen LogP contribution in [-0.2, 0) is 6.54 Å². The van der Waals surface area contributed by atoms with Crippen LogP contribution in [0.5, 0.6) is 0 Å². The number of nitrogens with one attached hydrogen (secondary N) is 1. The van der Waals surface area contributed by atoms with Gasteiger partial charge in [-0.15, -0.1) is 11.3 Å². The molecule has 0 bridgehead atoms. The molecule has 118 valence electrons. The highest BCUT2D eigenvalue weighted by Crippen LogP contribution is 2.31. The first-order chi connectivity index (χ1) is 11.2. The number of Topliss-reactive ketones (excluding diaryl/α,β-unsaturated/α-hetero) is 1. The van der Waals surface area contributed by atoms with Crippen molar-refractivity contribution in [2.75, 3.05) is 5.32 Å². The molecule has 0 amide bonds. The fraction of sp³-hybridized carbons (Fsp3) is 0.250. The summed E-state index contributed by atoms with van der Waals surface area (Å²) in [6, 6.07) is 16.3. The summed E-state index contributed by atoms with van der Waals surface area (Å²) in [7, 11) is 0. The summed E-state index contributed by atoms with van der Waals surface area (Å²) in [4.78, 5) is 13.2. The highest BCUT2D eigenvalue weighted by atomic mass is 32.1. The third-order valence-electron chi connectivity index (χ3n) is 4.08. The molecule has 0 aliphatic carbocycles. The molecule has 0 radical (unpaired) electrons. The van der Waals surface area contributed by atoms with E-state index in [1.54, 1.807) is 0 Å². The van der Waals surface area contributed by atoms with E-state index in [0.717, 1.165) is 24.2 Å². The van der Waals surface area contributed by atoms with Crippen LogP contribution in [0.25, 0.3) is 10.1 Å². The smallest absolute Gasteiger partial charge is 0.162 e. The Hall–Kier alpha value is -2.13. The topological polar surface area (TPSA) is 29.1 Å². The number of fused-ring (bicyclic) bond motifs is 1. The third kappa shape index (κ3) is 3.45. The van der Waals surface area contributed by atoms with Crippen LogP contribution in [-0.4, -0.2) is 5.78 Å². The molecule has 0 aliphatic rings. The number of thiophene rings is 1. The first-order valence-electron chi connectivity index (χ1n) is 8.03. The predicted molar refractivity (Wildman–Crippen MR) is 99.6 cm³/mol. The zero-order chi connectivity index (χ0) is 16.2. The summed E-state index contributed by atoms with van der Waals surface area (Å²) in [5, 5.41) is 4.80. The molecule has 0 saturated carbocycles. The number of carbonyl (C=O) groups is 1. The molecule has 1 N–H and O–H groups in total. The maximum atomic E-state index is 11.9. The maximum Gasteiger partial charge on any atom is 0.162 e. The molecule has 2 aromatic carbocycles. The molecule has 1 aromatic heterocycles. The standard InChI is InChI=1S/C20H21NOS/c1-3-6-18(22)15-9-11-16(12-10-15)21-13-20-14(2)17-7-4-5-8-19(17)23-20/h4-5,7-12,21H,3,6,13H2,1-2H3. The number of rotatable bonds is 6. The number of aryl methyl sites for hydroxylation is 1. The van der Waals surface area contributed by atoms with Crippen molar-refractivity contribution in [2.24, 2.45) is 0 Å². The van der Waals surface area contributed by atoms with Crippen LogP contribution in [0, 0.1) is 6.92 Å².